The molecule has 1 aromatic rings. The number of nitrogens with zero attached hydrogens (tertiary/aromatic N) is 2. The number of carboxylic acids is 1. The Labute approximate surface area is 122 Å². The molecule has 116 valence electrons. The van der Waals surface area contributed by atoms with Crippen LogP contribution in [-0.2, 0) is 0 Å². The molecule has 1 atom stereocenters. The highest BCUT2D eigenvalue weighted by Crippen LogP contribution is 2.24. The van der Waals surface area contributed by atoms with Crippen LogP contribution in [0.5, 0.6) is 0 Å². The van der Waals surface area contributed by atoms with Crippen LogP contribution in [0.4, 0.5) is 11.5 Å². The second-order valence-corrected chi connectivity index (χ2v) is 5.93. The number of nitrogens with one attached hydrogen (secondary N) is 1. The van der Waals surface area contributed by atoms with E-state index in [0.29, 0.717) is 6.42 Å². The first-order valence-corrected chi connectivity index (χ1v) is 6.41. The lowest BCUT2D eigenvalue weighted by atomic mass is 9.89. The smallest absolute Gasteiger partial charge is 0.354 e. The van der Waals surface area contributed by atoms with Crippen LogP contribution in [0.1, 0.15) is 37.7 Å². The second kappa shape index (κ2) is 6.49. The number of anilines is 1. The standard InChI is InChI=1S/C13H19N3O5/c1-13(2,3)6-8(17)7-14-11-10(16(20)21)5-4-9(15-11)12(18)19/h4-5,8,17H,6-7H2,1-3H3,(H,14,15)(H,18,19). The van der Waals surface area contributed by atoms with Gasteiger partial charge in [-0.3, -0.25) is 10.1 Å². The fourth-order valence-corrected chi connectivity index (χ4v) is 1.84. The first-order valence-electron chi connectivity index (χ1n) is 6.41. The largest absolute Gasteiger partial charge is 0.477 e. The number of aromatic carboxylic acids is 1. The van der Waals surface area contributed by atoms with Crippen molar-refractivity contribution >= 4 is 17.5 Å². The number of rotatable bonds is 6. The highest BCUT2D eigenvalue weighted by atomic mass is 16.6. The SMILES string of the molecule is CC(C)(C)CC(O)CNc1nc(C(=O)O)ccc1[N+](=O)[O-]. The van der Waals surface area contributed by atoms with Crippen molar-refractivity contribution in [1.29, 1.82) is 0 Å². The lowest BCUT2D eigenvalue weighted by molar-refractivity contribution is -0.384. The Hall–Kier alpha value is -2.22. The maximum absolute atomic E-state index is 10.9. The van der Waals surface area contributed by atoms with Crippen LogP contribution < -0.4 is 5.32 Å². The van der Waals surface area contributed by atoms with E-state index in [4.69, 9.17) is 5.11 Å². The van der Waals surface area contributed by atoms with Gasteiger partial charge in [0.2, 0.25) is 5.82 Å². The van der Waals surface area contributed by atoms with Crippen molar-refractivity contribution in [3.05, 3.63) is 27.9 Å². The van der Waals surface area contributed by atoms with E-state index in [-0.39, 0.29) is 29.2 Å². The summed E-state index contributed by atoms with van der Waals surface area (Å²) in [6, 6.07) is 2.14. The molecular formula is C13H19N3O5. The van der Waals surface area contributed by atoms with Crippen molar-refractivity contribution in [2.75, 3.05) is 11.9 Å². The normalized spacial score (nSPS) is 12.8. The van der Waals surface area contributed by atoms with Gasteiger partial charge in [0.1, 0.15) is 0 Å². The molecule has 0 aliphatic heterocycles. The maximum Gasteiger partial charge on any atom is 0.354 e. The van der Waals surface area contributed by atoms with Crippen LogP contribution in [0, 0.1) is 15.5 Å². The minimum absolute atomic E-state index is 0.0498. The molecule has 0 fully saturated rings. The number of aliphatic hydroxyl groups excluding tert-OH is 1. The highest BCUT2D eigenvalue weighted by molar-refractivity contribution is 5.86. The van der Waals surface area contributed by atoms with E-state index in [1.165, 1.54) is 0 Å². The van der Waals surface area contributed by atoms with E-state index in [0.717, 1.165) is 12.1 Å². The summed E-state index contributed by atoms with van der Waals surface area (Å²) in [6.07, 6.45) is -0.230. The molecule has 21 heavy (non-hydrogen) atoms. The summed E-state index contributed by atoms with van der Waals surface area (Å²) < 4.78 is 0. The third-order valence-electron chi connectivity index (χ3n) is 2.64. The molecule has 0 aliphatic carbocycles. The fourth-order valence-electron chi connectivity index (χ4n) is 1.84. The summed E-state index contributed by atoms with van der Waals surface area (Å²) in [5, 5.41) is 32.3. The number of aliphatic hydroxyl groups is 1. The fraction of sp³-hybridized carbons (Fsp3) is 0.538. The van der Waals surface area contributed by atoms with E-state index in [9.17, 15) is 20.0 Å². The van der Waals surface area contributed by atoms with Gasteiger partial charge in [0.25, 0.3) is 0 Å². The van der Waals surface area contributed by atoms with Gasteiger partial charge in [0, 0.05) is 12.6 Å². The molecule has 1 aromatic heterocycles. The molecule has 0 aromatic carbocycles. The summed E-state index contributed by atoms with van der Waals surface area (Å²) in [5.74, 6) is -1.43. The molecule has 3 N–H and O–H groups in total. The average molecular weight is 297 g/mol. The molecule has 0 saturated carbocycles. The molecule has 0 aliphatic rings. The van der Waals surface area contributed by atoms with Crippen LogP contribution in [0.2, 0.25) is 0 Å². The topological polar surface area (TPSA) is 126 Å². The minimum Gasteiger partial charge on any atom is -0.477 e. The molecule has 0 bridgehead atoms. The number of pyridine rings is 1. The number of hydrogen-bond acceptors (Lipinski definition) is 6. The van der Waals surface area contributed by atoms with Crippen molar-refractivity contribution in [2.24, 2.45) is 5.41 Å². The monoisotopic (exact) mass is 297 g/mol. The van der Waals surface area contributed by atoms with Gasteiger partial charge in [-0.2, -0.15) is 0 Å². The summed E-state index contributed by atoms with van der Waals surface area (Å²) in [5.41, 5.74) is -0.722. The van der Waals surface area contributed by atoms with Crippen molar-refractivity contribution in [1.82, 2.24) is 4.98 Å². The average Bonchev–Trinajstić information content (AvgIpc) is 2.33. The Balaban J connectivity index is 2.87. The zero-order valence-corrected chi connectivity index (χ0v) is 12.2. The van der Waals surface area contributed by atoms with Crippen molar-refractivity contribution in [3.8, 4) is 0 Å². The molecule has 0 amide bonds. The summed E-state index contributed by atoms with van der Waals surface area (Å²) in [4.78, 5) is 24.8. The number of aromatic nitrogens is 1. The Morgan fingerprint density at radius 1 is 1.48 bits per heavy atom. The first kappa shape index (κ1) is 16.8. The Bertz CT molecular complexity index is 539. The third-order valence-corrected chi connectivity index (χ3v) is 2.64. The molecule has 1 unspecified atom stereocenters. The predicted octanol–water partition coefficient (Wildman–Crippen LogP) is 1.90. The molecule has 1 rings (SSSR count). The lowest BCUT2D eigenvalue weighted by Gasteiger charge is -2.22. The van der Waals surface area contributed by atoms with E-state index < -0.39 is 17.0 Å². The minimum atomic E-state index is -1.27. The summed E-state index contributed by atoms with van der Waals surface area (Å²) in [6.45, 7) is 5.93. The number of carboxylic acid groups (broad SMARTS) is 1. The van der Waals surface area contributed by atoms with Gasteiger partial charge >= 0.3 is 11.7 Å². The molecule has 0 spiro atoms. The van der Waals surface area contributed by atoms with Gasteiger partial charge in [-0.1, -0.05) is 20.8 Å². The first-order chi connectivity index (χ1) is 9.60. The van der Waals surface area contributed by atoms with Crippen LogP contribution in [0.25, 0.3) is 0 Å². The van der Waals surface area contributed by atoms with E-state index in [2.05, 4.69) is 10.3 Å². The van der Waals surface area contributed by atoms with Gasteiger partial charge in [-0.15, -0.1) is 0 Å². The number of nitro groups is 1. The predicted molar refractivity (Wildman–Crippen MR) is 76.4 cm³/mol. The lowest BCUT2D eigenvalue weighted by Crippen LogP contribution is -2.25. The second-order valence-electron chi connectivity index (χ2n) is 5.93. The van der Waals surface area contributed by atoms with Crippen LogP contribution in [-0.4, -0.2) is 38.7 Å². The molecule has 8 nitrogen and oxygen atoms in total. The van der Waals surface area contributed by atoms with Gasteiger partial charge in [-0.05, 0) is 17.9 Å². The molecular weight excluding hydrogens is 278 g/mol. The quantitative estimate of drug-likeness (QED) is 0.540. The van der Waals surface area contributed by atoms with Gasteiger partial charge in [0.05, 0.1) is 11.0 Å². The zero-order valence-electron chi connectivity index (χ0n) is 12.2. The number of carbonyl (C=O) groups is 1. The van der Waals surface area contributed by atoms with Gasteiger partial charge in [0.15, 0.2) is 5.69 Å². The Morgan fingerprint density at radius 3 is 2.57 bits per heavy atom. The van der Waals surface area contributed by atoms with Gasteiger partial charge in [-0.25, -0.2) is 9.78 Å². The molecule has 0 saturated heterocycles. The third kappa shape index (κ3) is 5.35. The van der Waals surface area contributed by atoms with Crippen LogP contribution in [0.3, 0.4) is 0 Å². The van der Waals surface area contributed by atoms with Crippen molar-refractivity contribution < 1.29 is 19.9 Å². The van der Waals surface area contributed by atoms with E-state index in [1.54, 1.807) is 0 Å². The molecule has 1 heterocycles. The van der Waals surface area contributed by atoms with Crippen molar-refractivity contribution in [2.45, 2.75) is 33.3 Å². The van der Waals surface area contributed by atoms with E-state index >= 15 is 0 Å². The Kier molecular flexibility index (Phi) is 5.20. The molecule has 8 heteroatoms. The van der Waals surface area contributed by atoms with E-state index in [1.807, 2.05) is 20.8 Å². The summed E-state index contributed by atoms with van der Waals surface area (Å²) in [7, 11) is 0. The summed E-state index contributed by atoms with van der Waals surface area (Å²) >= 11 is 0. The number of hydrogen-bond donors (Lipinski definition) is 3. The Morgan fingerprint density at radius 2 is 2.10 bits per heavy atom. The molecule has 0 radical (unpaired) electrons. The highest BCUT2D eigenvalue weighted by Gasteiger charge is 2.21. The van der Waals surface area contributed by atoms with Crippen molar-refractivity contribution in [3.63, 3.8) is 0 Å². The zero-order chi connectivity index (χ0) is 16.2. The van der Waals surface area contributed by atoms with Gasteiger partial charge < -0.3 is 15.5 Å². The maximum atomic E-state index is 10.9. The van der Waals surface area contributed by atoms with Crippen LogP contribution in [0.15, 0.2) is 12.1 Å². The van der Waals surface area contributed by atoms with Crippen LogP contribution >= 0.6 is 0 Å².